The van der Waals surface area contributed by atoms with Crippen molar-refractivity contribution >= 4 is 5.69 Å². The van der Waals surface area contributed by atoms with E-state index in [9.17, 15) is 5.21 Å². The van der Waals surface area contributed by atoms with E-state index in [2.05, 4.69) is 0 Å². The number of hydrogen-bond donors (Lipinski definition) is 3. The summed E-state index contributed by atoms with van der Waals surface area (Å²) in [7, 11) is 0. The average molecular weight is 141 g/mol. The molecule has 0 aromatic heterocycles. The molecule has 0 aliphatic heterocycles. The molecule has 1 aromatic rings. The summed E-state index contributed by atoms with van der Waals surface area (Å²) in [6.07, 6.45) is 0. The highest BCUT2D eigenvalue weighted by atomic mass is 16.8. The van der Waals surface area contributed by atoms with Crippen molar-refractivity contribution in [1.29, 1.82) is 0 Å². The fraction of sp³-hybridized carbons (Fsp3) is 0. The quantitative estimate of drug-likeness (QED) is 0.474. The smallest absolute Gasteiger partial charge is 0.167 e. The third-order valence-corrected chi connectivity index (χ3v) is 1.09. The summed E-state index contributed by atoms with van der Waals surface area (Å²) in [5, 5.41) is 26.4. The largest absolute Gasteiger partial charge is 0.595 e. The van der Waals surface area contributed by atoms with Gasteiger partial charge < -0.3 is 10.3 Å². The second-order valence-electron chi connectivity index (χ2n) is 1.86. The molecule has 0 saturated heterocycles. The van der Waals surface area contributed by atoms with E-state index in [0.29, 0.717) is 0 Å². The lowest BCUT2D eigenvalue weighted by molar-refractivity contribution is -0.991. The molecule has 3 N–H and O–H groups in total. The van der Waals surface area contributed by atoms with Gasteiger partial charge >= 0.3 is 0 Å². The summed E-state index contributed by atoms with van der Waals surface area (Å²) in [5.41, 5.74) is 0.0972. The average Bonchev–Trinajstić information content (AvgIpc) is 1.88. The molecule has 4 heteroatoms. The van der Waals surface area contributed by atoms with E-state index in [1.165, 1.54) is 24.3 Å². The highest BCUT2D eigenvalue weighted by molar-refractivity contribution is 5.36. The molecular formula is C6H7NO3. The Kier molecular flexibility index (Phi) is 1.86. The lowest BCUT2D eigenvalue weighted by Crippen LogP contribution is -2.99. The third-order valence-electron chi connectivity index (χ3n) is 1.09. The maximum absolute atomic E-state index is 10.2. The van der Waals surface area contributed by atoms with E-state index in [0.717, 1.165) is 0 Å². The standard InChI is InChI=1S/C6H7NO3/c8-6-3-1-2-5(4-6)7(9)10/h1-4,7-9H. The van der Waals surface area contributed by atoms with Crippen molar-refractivity contribution in [2.75, 3.05) is 0 Å². The minimum Gasteiger partial charge on any atom is -0.595 e. The van der Waals surface area contributed by atoms with E-state index >= 15 is 0 Å². The van der Waals surface area contributed by atoms with Crippen LogP contribution in [0.4, 0.5) is 5.69 Å². The first-order chi connectivity index (χ1) is 4.70. The molecule has 4 nitrogen and oxygen atoms in total. The van der Waals surface area contributed by atoms with Crippen LogP contribution in [0, 0.1) is 5.21 Å². The van der Waals surface area contributed by atoms with Crippen LogP contribution in [0.25, 0.3) is 0 Å². The summed E-state index contributed by atoms with van der Waals surface area (Å²) >= 11 is 0. The first-order valence-electron chi connectivity index (χ1n) is 2.72. The Labute approximate surface area is 57.5 Å². The lowest BCUT2D eigenvalue weighted by atomic mass is 10.3. The van der Waals surface area contributed by atoms with Crippen LogP contribution in [0.15, 0.2) is 24.3 Å². The second-order valence-corrected chi connectivity index (χ2v) is 1.86. The summed E-state index contributed by atoms with van der Waals surface area (Å²) in [5.74, 6) is -0.0279. The van der Waals surface area contributed by atoms with Gasteiger partial charge in [-0.1, -0.05) is 6.07 Å². The Morgan fingerprint density at radius 3 is 2.50 bits per heavy atom. The summed E-state index contributed by atoms with van der Waals surface area (Å²) < 4.78 is 0. The molecule has 54 valence electrons. The van der Waals surface area contributed by atoms with E-state index < -0.39 is 5.23 Å². The maximum atomic E-state index is 10.2. The van der Waals surface area contributed by atoms with Crippen molar-refractivity contribution < 1.29 is 15.5 Å². The molecule has 1 rings (SSSR count). The Morgan fingerprint density at radius 2 is 2.10 bits per heavy atom. The lowest BCUT2D eigenvalue weighted by Gasteiger charge is -2.10. The van der Waals surface area contributed by atoms with Gasteiger partial charge in [-0.05, 0) is 6.07 Å². The monoisotopic (exact) mass is 141 g/mol. The zero-order valence-electron chi connectivity index (χ0n) is 5.11. The number of rotatable bonds is 1. The zero-order chi connectivity index (χ0) is 7.56. The molecule has 0 saturated carbocycles. The molecule has 10 heavy (non-hydrogen) atoms. The van der Waals surface area contributed by atoms with Crippen molar-refractivity contribution in [2.45, 2.75) is 0 Å². The van der Waals surface area contributed by atoms with Gasteiger partial charge in [-0.3, -0.25) is 0 Å². The van der Waals surface area contributed by atoms with Crippen molar-refractivity contribution in [3.8, 4) is 5.75 Å². The van der Waals surface area contributed by atoms with Gasteiger partial charge in [0.2, 0.25) is 0 Å². The van der Waals surface area contributed by atoms with Gasteiger partial charge in [0.15, 0.2) is 5.69 Å². The number of benzene rings is 1. The Hall–Kier alpha value is -1.10. The van der Waals surface area contributed by atoms with Crippen LogP contribution >= 0.6 is 0 Å². The van der Waals surface area contributed by atoms with Gasteiger partial charge in [0, 0.05) is 12.1 Å². The normalized spacial score (nSPS) is 13.0. The minimum atomic E-state index is -1.03. The van der Waals surface area contributed by atoms with Gasteiger partial charge in [-0.25, -0.2) is 5.21 Å². The summed E-state index contributed by atoms with van der Waals surface area (Å²) in [6.45, 7) is 0. The highest BCUT2D eigenvalue weighted by Gasteiger charge is 1.97. The maximum Gasteiger partial charge on any atom is 0.167 e. The van der Waals surface area contributed by atoms with Gasteiger partial charge in [0.25, 0.3) is 0 Å². The minimum absolute atomic E-state index is 0.0279. The van der Waals surface area contributed by atoms with Crippen LogP contribution in [0.3, 0.4) is 0 Å². The van der Waals surface area contributed by atoms with Crippen LogP contribution in [-0.2, 0) is 0 Å². The Balaban J connectivity index is 2.96. The SMILES string of the molecule is [O-][NH+](O)c1cccc(O)c1. The third kappa shape index (κ3) is 1.44. The van der Waals surface area contributed by atoms with Crippen molar-refractivity contribution in [2.24, 2.45) is 0 Å². The van der Waals surface area contributed by atoms with E-state index in [1.54, 1.807) is 0 Å². The molecular weight excluding hydrogens is 134 g/mol. The fourth-order valence-electron chi connectivity index (χ4n) is 0.639. The zero-order valence-corrected chi connectivity index (χ0v) is 5.11. The number of aromatic hydroxyl groups is 1. The van der Waals surface area contributed by atoms with E-state index in [-0.39, 0.29) is 11.4 Å². The predicted octanol–water partition coefficient (Wildman–Crippen LogP) is -0.204. The van der Waals surface area contributed by atoms with Gasteiger partial charge in [0.1, 0.15) is 5.75 Å². The Morgan fingerprint density at radius 1 is 1.40 bits per heavy atom. The van der Waals surface area contributed by atoms with Crippen molar-refractivity contribution in [3.05, 3.63) is 29.5 Å². The van der Waals surface area contributed by atoms with Crippen molar-refractivity contribution in [1.82, 2.24) is 0 Å². The molecule has 1 aromatic carbocycles. The molecule has 0 aliphatic rings. The fourth-order valence-corrected chi connectivity index (χ4v) is 0.639. The number of nitrogens with one attached hydrogen (secondary N) is 1. The molecule has 0 radical (unpaired) electrons. The number of phenols is 1. The number of quaternary nitrogens is 1. The Bertz CT molecular complexity index is 224. The molecule has 0 spiro atoms. The first kappa shape index (κ1) is 7.01. The van der Waals surface area contributed by atoms with Crippen LogP contribution in [0.1, 0.15) is 0 Å². The highest BCUT2D eigenvalue weighted by Crippen LogP contribution is 2.10. The molecule has 1 unspecified atom stereocenters. The summed E-state index contributed by atoms with van der Waals surface area (Å²) in [4.78, 5) is 0. The van der Waals surface area contributed by atoms with Gasteiger partial charge in [-0.15, -0.1) is 0 Å². The molecule has 1 atom stereocenters. The first-order valence-corrected chi connectivity index (χ1v) is 2.72. The topological polar surface area (TPSA) is 68.0 Å². The summed E-state index contributed by atoms with van der Waals surface area (Å²) in [6, 6.07) is 5.52. The predicted molar refractivity (Wildman–Crippen MR) is 33.9 cm³/mol. The van der Waals surface area contributed by atoms with Crippen LogP contribution < -0.4 is 5.23 Å². The van der Waals surface area contributed by atoms with Crippen molar-refractivity contribution in [3.63, 3.8) is 0 Å². The second kappa shape index (κ2) is 2.66. The molecule has 0 heterocycles. The number of phenolic OH excluding ortho intramolecular Hbond substituents is 1. The molecule has 0 aliphatic carbocycles. The van der Waals surface area contributed by atoms with E-state index in [4.69, 9.17) is 10.3 Å². The molecule has 0 amide bonds. The van der Waals surface area contributed by atoms with Crippen LogP contribution in [0.2, 0.25) is 0 Å². The van der Waals surface area contributed by atoms with Crippen LogP contribution in [0.5, 0.6) is 5.75 Å². The van der Waals surface area contributed by atoms with Gasteiger partial charge in [-0.2, -0.15) is 5.23 Å². The van der Waals surface area contributed by atoms with Gasteiger partial charge in [0.05, 0.1) is 0 Å². The molecule has 0 fully saturated rings. The molecule has 0 bridgehead atoms. The van der Waals surface area contributed by atoms with E-state index in [1.807, 2.05) is 0 Å². The van der Waals surface area contributed by atoms with Crippen LogP contribution in [-0.4, -0.2) is 10.3 Å². The number of hydrogen-bond acceptors (Lipinski definition) is 3.